The summed E-state index contributed by atoms with van der Waals surface area (Å²) >= 11 is 1.49. The molecule has 6 heteroatoms. The number of carbonyl (C=O) groups is 1. The molecule has 1 aromatic carbocycles. The van der Waals surface area contributed by atoms with E-state index >= 15 is 0 Å². The van der Waals surface area contributed by atoms with Gasteiger partial charge < -0.3 is 10.4 Å². The maximum absolute atomic E-state index is 12.8. The lowest BCUT2D eigenvalue weighted by atomic mass is 9.75. The van der Waals surface area contributed by atoms with Crippen LogP contribution in [0.1, 0.15) is 52.0 Å². The minimum absolute atomic E-state index is 0.0590. The van der Waals surface area contributed by atoms with Gasteiger partial charge in [-0.1, -0.05) is 30.3 Å². The van der Waals surface area contributed by atoms with Crippen molar-refractivity contribution in [2.24, 2.45) is 5.92 Å². The Morgan fingerprint density at radius 2 is 2.00 bits per heavy atom. The first-order valence-electron chi connectivity index (χ1n) is 9.40. The number of carbonyl (C=O) groups excluding carboxylic acids is 1. The highest BCUT2D eigenvalue weighted by Gasteiger charge is 2.36. The second-order valence-electron chi connectivity index (χ2n) is 7.35. The van der Waals surface area contributed by atoms with Crippen LogP contribution in [0.2, 0.25) is 0 Å². The van der Waals surface area contributed by atoms with Crippen molar-refractivity contribution in [3.8, 4) is 0 Å². The number of rotatable bonds is 6. The van der Waals surface area contributed by atoms with Crippen LogP contribution >= 0.6 is 11.3 Å². The smallest absolute Gasteiger partial charge is 0.263 e. The van der Waals surface area contributed by atoms with E-state index in [-0.39, 0.29) is 24.0 Å². The van der Waals surface area contributed by atoms with Gasteiger partial charge in [-0.25, -0.2) is 4.98 Å². The molecule has 4 rings (SSSR count). The number of benzene rings is 1. The van der Waals surface area contributed by atoms with Crippen molar-refractivity contribution in [2.45, 2.75) is 44.4 Å². The highest BCUT2D eigenvalue weighted by atomic mass is 32.1. The molecule has 1 aliphatic carbocycles. The van der Waals surface area contributed by atoms with Gasteiger partial charge in [0.2, 0.25) is 0 Å². The quantitative estimate of drug-likeness (QED) is 0.819. The predicted molar refractivity (Wildman–Crippen MR) is 102 cm³/mol. The average molecular weight is 372 g/mol. The zero-order chi connectivity index (χ0) is 17.9. The normalized spacial score (nSPS) is 24.2. The third kappa shape index (κ3) is 3.98. The lowest BCUT2D eigenvalue weighted by Crippen LogP contribution is -2.41. The molecule has 26 heavy (non-hydrogen) atoms. The maximum Gasteiger partial charge on any atom is 0.263 e. The maximum atomic E-state index is 12.8. The van der Waals surface area contributed by atoms with Crippen molar-refractivity contribution in [3.05, 3.63) is 52.0 Å². The first-order valence-corrected chi connectivity index (χ1v) is 10.2. The molecule has 0 spiro atoms. The lowest BCUT2D eigenvalue weighted by Gasteiger charge is -2.38. The van der Waals surface area contributed by atoms with Crippen LogP contribution in [0.4, 0.5) is 0 Å². The molecule has 0 radical (unpaired) electrons. The Hall–Kier alpha value is -1.76. The Bertz CT molecular complexity index is 737. The molecule has 1 saturated heterocycles. The number of nitrogens with one attached hydrogen (secondary N) is 1. The van der Waals surface area contributed by atoms with Crippen LogP contribution in [0.15, 0.2) is 36.5 Å². The Morgan fingerprint density at radius 1 is 1.27 bits per heavy atom. The standard InChI is InChI=1S/C20H25N3O2S/c24-16-10-15(11-16)19(14-6-2-1-3-7-14)22-20(25)17-12-21-18(26-17)13-23-8-4-5-9-23/h1-3,6-7,12,15-16,19,24H,4-5,8-11,13H2,(H,22,25)/t15?,16?,19-/m0/s1. The molecule has 0 bridgehead atoms. The van der Waals surface area contributed by atoms with E-state index in [0.29, 0.717) is 4.88 Å². The summed E-state index contributed by atoms with van der Waals surface area (Å²) in [6, 6.07) is 9.99. The Morgan fingerprint density at radius 3 is 2.69 bits per heavy atom. The molecule has 1 amide bonds. The average Bonchev–Trinajstić information content (AvgIpc) is 3.30. The zero-order valence-corrected chi connectivity index (χ0v) is 15.6. The van der Waals surface area contributed by atoms with Crippen LogP contribution in [0.25, 0.3) is 0 Å². The monoisotopic (exact) mass is 371 g/mol. The first-order chi connectivity index (χ1) is 12.7. The van der Waals surface area contributed by atoms with E-state index < -0.39 is 0 Å². The van der Waals surface area contributed by atoms with Crippen LogP contribution in [-0.4, -0.2) is 40.1 Å². The summed E-state index contributed by atoms with van der Waals surface area (Å²) in [5.74, 6) is 0.221. The number of amides is 1. The Balaban J connectivity index is 1.43. The van der Waals surface area contributed by atoms with Gasteiger partial charge in [-0.2, -0.15) is 0 Å². The molecule has 5 nitrogen and oxygen atoms in total. The molecule has 2 fully saturated rings. The van der Waals surface area contributed by atoms with Gasteiger partial charge in [0.1, 0.15) is 9.88 Å². The number of hydrogen-bond acceptors (Lipinski definition) is 5. The second-order valence-corrected chi connectivity index (χ2v) is 8.46. The summed E-state index contributed by atoms with van der Waals surface area (Å²) < 4.78 is 0. The second kappa shape index (κ2) is 7.86. The molecule has 2 aromatic rings. The minimum Gasteiger partial charge on any atom is -0.393 e. The number of likely N-dealkylation sites (tertiary alicyclic amines) is 1. The molecule has 2 heterocycles. The molecule has 0 unspecified atom stereocenters. The zero-order valence-electron chi connectivity index (χ0n) is 14.8. The van der Waals surface area contributed by atoms with Crippen LogP contribution < -0.4 is 5.32 Å². The lowest BCUT2D eigenvalue weighted by molar-refractivity contribution is 0.0235. The largest absolute Gasteiger partial charge is 0.393 e. The number of aliphatic hydroxyl groups is 1. The fourth-order valence-electron chi connectivity index (χ4n) is 3.87. The van der Waals surface area contributed by atoms with E-state index in [4.69, 9.17) is 0 Å². The van der Waals surface area contributed by atoms with Crippen LogP contribution in [0, 0.1) is 5.92 Å². The molecule has 2 N–H and O–H groups in total. The van der Waals surface area contributed by atoms with Gasteiger partial charge in [0.15, 0.2) is 0 Å². The number of hydrogen-bond donors (Lipinski definition) is 2. The van der Waals surface area contributed by atoms with Crippen LogP contribution in [0.5, 0.6) is 0 Å². The van der Waals surface area contributed by atoms with Crippen molar-refractivity contribution in [3.63, 3.8) is 0 Å². The highest BCUT2D eigenvalue weighted by molar-refractivity contribution is 7.13. The summed E-state index contributed by atoms with van der Waals surface area (Å²) in [4.78, 5) is 20.3. The number of nitrogens with zero attached hydrogens (tertiary/aromatic N) is 2. The fraction of sp³-hybridized carbons (Fsp3) is 0.500. The van der Waals surface area contributed by atoms with E-state index in [1.54, 1.807) is 6.20 Å². The van der Waals surface area contributed by atoms with Gasteiger partial charge in [-0.05, 0) is 50.3 Å². The molecule has 1 aliphatic heterocycles. The van der Waals surface area contributed by atoms with Crippen molar-refractivity contribution in [1.29, 1.82) is 0 Å². The van der Waals surface area contributed by atoms with Gasteiger partial charge in [-0.15, -0.1) is 11.3 Å². The summed E-state index contributed by atoms with van der Waals surface area (Å²) in [7, 11) is 0. The summed E-state index contributed by atoms with van der Waals surface area (Å²) in [5.41, 5.74) is 1.10. The number of aromatic nitrogens is 1. The van der Waals surface area contributed by atoms with E-state index in [1.165, 1.54) is 24.2 Å². The molecule has 1 aromatic heterocycles. The van der Waals surface area contributed by atoms with Gasteiger partial charge in [-0.3, -0.25) is 9.69 Å². The summed E-state index contributed by atoms with van der Waals surface area (Å²) in [6.07, 6.45) is 5.45. The van der Waals surface area contributed by atoms with Crippen molar-refractivity contribution in [1.82, 2.24) is 15.2 Å². The summed E-state index contributed by atoms with van der Waals surface area (Å²) in [5, 5.41) is 13.9. The highest BCUT2D eigenvalue weighted by Crippen LogP contribution is 2.38. The Labute approximate surface area is 158 Å². The molecule has 1 saturated carbocycles. The molecular weight excluding hydrogens is 346 g/mol. The van der Waals surface area contributed by atoms with Crippen LogP contribution in [-0.2, 0) is 6.54 Å². The van der Waals surface area contributed by atoms with Crippen molar-refractivity contribution >= 4 is 17.2 Å². The van der Waals surface area contributed by atoms with E-state index in [0.717, 1.165) is 43.0 Å². The molecule has 138 valence electrons. The predicted octanol–water partition coefficient (Wildman–Crippen LogP) is 2.98. The topological polar surface area (TPSA) is 65.5 Å². The van der Waals surface area contributed by atoms with E-state index in [9.17, 15) is 9.90 Å². The van der Waals surface area contributed by atoms with Gasteiger partial charge in [0, 0.05) is 0 Å². The van der Waals surface area contributed by atoms with Crippen molar-refractivity contribution in [2.75, 3.05) is 13.1 Å². The van der Waals surface area contributed by atoms with E-state index in [2.05, 4.69) is 15.2 Å². The molecule has 2 aliphatic rings. The number of thiazole rings is 1. The van der Waals surface area contributed by atoms with Gasteiger partial charge in [0.05, 0.1) is 24.9 Å². The van der Waals surface area contributed by atoms with Gasteiger partial charge in [0.25, 0.3) is 5.91 Å². The van der Waals surface area contributed by atoms with Crippen LogP contribution in [0.3, 0.4) is 0 Å². The SMILES string of the molecule is O=C(N[C@@H](c1ccccc1)C1CC(O)C1)c1cnc(CN2CCCC2)s1. The third-order valence-corrected chi connectivity index (χ3v) is 6.38. The van der Waals surface area contributed by atoms with Gasteiger partial charge >= 0.3 is 0 Å². The molecular formula is C20H25N3O2S. The summed E-state index contributed by atoms with van der Waals surface area (Å²) in [6.45, 7) is 3.09. The number of aliphatic hydroxyl groups excluding tert-OH is 1. The third-order valence-electron chi connectivity index (χ3n) is 5.40. The molecule has 1 atom stereocenters. The minimum atomic E-state index is -0.237. The van der Waals surface area contributed by atoms with E-state index in [1.807, 2.05) is 30.3 Å². The fourth-order valence-corrected chi connectivity index (χ4v) is 4.73. The van der Waals surface area contributed by atoms with Crippen molar-refractivity contribution < 1.29 is 9.90 Å². The first kappa shape index (κ1) is 17.6. The Kier molecular flexibility index (Phi) is 5.33.